The van der Waals surface area contributed by atoms with Gasteiger partial charge in [-0.25, -0.2) is 13.2 Å². The van der Waals surface area contributed by atoms with Gasteiger partial charge in [0, 0.05) is 6.20 Å². The van der Waals surface area contributed by atoms with E-state index in [0.717, 1.165) is 11.3 Å². The summed E-state index contributed by atoms with van der Waals surface area (Å²) >= 11 is 0.972. The number of rotatable bonds is 5. The Morgan fingerprint density at radius 2 is 1.88 bits per heavy atom. The van der Waals surface area contributed by atoms with Gasteiger partial charge >= 0.3 is 5.97 Å². The fourth-order valence-corrected chi connectivity index (χ4v) is 4.62. The fourth-order valence-electron chi connectivity index (χ4n) is 2.32. The number of thiophene rings is 1. The molecule has 3 rings (SSSR count). The molecule has 0 bridgehead atoms. The Bertz CT molecular complexity index is 1030. The molecule has 0 saturated heterocycles. The molecule has 0 fully saturated rings. The number of benzene rings is 1. The van der Waals surface area contributed by atoms with Crippen LogP contribution in [0.2, 0.25) is 0 Å². The number of pyridine rings is 1. The van der Waals surface area contributed by atoms with Crippen LogP contribution in [0.25, 0.3) is 10.6 Å². The third-order valence-corrected chi connectivity index (χ3v) is 6.14. The molecule has 0 saturated carbocycles. The first-order valence-electron chi connectivity index (χ1n) is 7.25. The van der Waals surface area contributed by atoms with Crippen LogP contribution in [0.5, 0.6) is 0 Å². The maximum Gasteiger partial charge on any atom is 0.348 e. The lowest BCUT2D eigenvalue weighted by atomic mass is 10.2. The predicted molar refractivity (Wildman–Crippen MR) is 96.5 cm³/mol. The summed E-state index contributed by atoms with van der Waals surface area (Å²) in [5, 5.41) is 9.40. The molecule has 8 heteroatoms. The molecule has 128 valence electrons. The SMILES string of the molecule is Cc1ccccc1S(=O)(=O)Nc1cc(-c2ccccn2)sc1C(=O)O. The highest BCUT2D eigenvalue weighted by molar-refractivity contribution is 7.92. The lowest BCUT2D eigenvalue weighted by Crippen LogP contribution is -2.15. The summed E-state index contributed by atoms with van der Waals surface area (Å²) in [5.74, 6) is -1.20. The monoisotopic (exact) mass is 374 g/mol. The van der Waals surface area contributed by atoms with Gasteiger partial charge in [-0.1, -0.05) is 24.3 Å². The molecule has 0 unspecified atom stereocenters. The maximum absolute atomic E-state index is 12.6. The van der Waals surface area contributed by atoms with E-state index in [1.807, 2.05) is 0 Å². The Morgan fingerprint density at radius 1 is 1.16 bits per heavy atom. The van der Waals surface area contributed by atoms with Crippen LogP contribution in [-0.4, -0.2) is 24.5 Å². The number of sulfonamides is 1. The zero-order chi connectivity index (χ0) is 18.0. The highest BCUT2D eigenvalue weighted by Crippen LogP contribution is 2.35. The van der Waals surface area contributed by atoms with Crippen molar-refractivity contribution in [3.8, 4) is 10.6 Å². The second kappa shape index (κ2) is 6.66. The smallest absolute Gasteiger partial charge is 0.348 e. The molecule has 2 heterocycles. The Morgan fingerprint density at radius 3 is 2.52 bits per heavy atom. The summed E-state index contributed by atoms with van der Waals surface area (Å²) < 4.78 is 27.6. The predicted octanol–water partition coefficient (Wildman–Crippen LogP) is 3.62. The first-order valence-corrected chi connectivity index (χ1v) is 9.55. The second-order valence-electron chi connectivity index (χ2n) is 5.24. The molecule has 3 aromatic rings. The van der Waals surface area contributed by atoms with Crippen LogP contribution in [-0.2, 0) is 10.0 Å². The van der Waals surface area contributed by atoms with Crippen LogP contribution in [0.4, 0.5) is 5.69 Å². The standard InChI is InChI=1S/C17H14N2O4S2/c1-11-6-2-3-8-15(11)25(22,23)19-13-10-14(24-16(13)17(20)21)12-7-4-5-9-18-12/h2-10,19H,1H3,(H,20,21). The van der Waals surface area contributed by atoms with E-state index < -0.39 is 16.0 Å². The van der Waals surface area contributed by atoms with Crippen LogP contribution in [0, 0.1) is 6.92 Å². The number of nitrogens with one attached hydrogen (secondary N) is 1. The van der Waals surface area contributed by atoms with Gasteiger partial charge in [-0.2, -0.15) is 0 Å². The van der Waals surface area contributed by atoms with Crippen molar-refractivity contribution in [2.75, 3.05) is 4.72 Å². The maximum atomic E-state index is 12.6. The minimum Gasteiger partial charge on any atom is -0.477 e. The molecule has 0 amide bonds. The van der Waals surface area contributed by atoms with Crippen molar-refractivity contribution in [3.63, 3.8) is 0 Å². The van der Waals surface area contributed by atoms with E-state index in [1.165, 1.54) is 12.1 Å². The fraction of sp³-hybridized carbons (Fsp3) is 0.0588. The highest BCUT2D eigenvalue weighted by atomic mass is 32.2. The van der Waals surface area contributed by atoms with Crippen LogP contribution >= 0.6 is 11.3 Å². The van der Waals surface area contributed by atoms with Crippen LogP contribution in [0.1, 0.15) is 15.2 Å². The summed E-state index contributed by atoms with van der Waals surface area (Å²) in [6, 6.07) is 13.3. The van der Waals surface area contributed by atoms with Gasteiger partial charge in [-0.3, -0.25) is 9.71 Å². The lowest BCUT2D eigenvalue weighted by molar-refractivity contribution is 0.0703. The van der Waals surface area contributed by atoms with E-state index in [0.29, 0.717) is 16.1 Å². The van der Waals surface area contributed by atoms with Crippen LogP contribution in [0.3, 0.4) is 0 Å². The summed E-state index contributed by atoms with van der Waals surface area (Å²) in [6.45, 7) is 1.68. The van der Waals surface area contributed by atoms with Crippen molar-refractivity contribution < 1.29 is 18.3 Å². The normalized spacial score (nSPS) is 11.2. The third-order valence-electron chi connectivity index (χ3n) is 3.47. The van der Waals surface area contributed by atoms with Crippen molar-refractivity contribution in [1.29, 1.82) is 0 Å². The zero-order valence-electron chi connectivity index (χ0n) is 13.1. The molecule has 0 atom stereocenters. The molecular formula is C17H14N2O4S2. The van der Waals surface area contributed by atoms with Gasteiger partial charge in [0.1, 0.15) is 4.88 Å². The average Bonchev–Trinajstić information content (AvgIpc) is 2.99. The van der Waals surface area contributed by atoms with E-state index in [2.05, 4.69) is 9.71 Å². The molecule has 2 aromatic heterocycles. The minimum atomic E-state index is -3.90. The minimum absolute atomic E-state index is 0.0291. The average molecular weight is 374 g/mol. The molecule has 6 nitrogen and oxygen atoms in total. The van der Waals surface area contributed by atoms with Gasteiger partial charge < -0.3 is 5.11 Å². The molecule has 0 aliphatic carbocycles. The topological polar surface area (TPSA) is 96.4 Å². The summed E-state index contributed by atoms with van der Waals surface area (Å²) in [4.78, 5) is 16.3. The zero-order valence-corrected chi connectivity index (χ0v) is 14.8. The first kappa shape index (κ1) is 17.1. The Balaban J connectivity index is 2.04. The van der Waals surface area contributed by atoms with E-state index in [4.69, 9.17) is 0 Å². The molecule has 1 aromatic carbocycles. The third kappa shape index (κ3) is 3.54. The van der Waals surface area contributed by atoms with Gasteiger partial charge in [0.15, 0.2) is 0 Å². The summed E-state index contributed by atoms with van der Waals surface area (Å²) in [7, 11) is -3.90. The number of nitrogens with zero attached hydrogens (tertiary/aromatic N) is 1. The first-order chi connectivity index (χ1) is 11.9. The van der Waals surface area contributed by atoms with Crippen molar-refractivity contribution in [2.45, 2.75) is 11.8 Å². The van der Waals surface area contributed by atoms with Crippen molar-refractivity contribution in [3.05, 3.63) is 65.2 Å². The van der Waals surface area contributed by atoms with Gasteiger partial charge in [0.2, 0.25) is 0 Å². The summed E-state index contributed by atoms with van der Waals surface area (Å²) in [5.41, 5.74) is 1.18. The van der Waals surface area contributed by atoms with Crippen molar-refractivity contribution >= 4 is 33.0 Å². The molecule has 0 aliphatic rings. The van der Waals surface area contributed by atoms with Crippen molar-refractivity contribution in [2.24, 2.45) is 0 Å². The van der Waals surface area contributed by atoms with Crippen molar-refractivity contribution in [1.82, 2.24) is 4.98 Å². The number of carbonyl (C=O) groups is 1. The van der Waals surface area contributed by atoms with Gasteiger partial charge in [0.05, 0.1) is 21.2 Å². The number of carboxylic acid groups (broad SMARTS) is 1. The molecule has 0 aliphatic heterocycles. The number of carboxylic acids is 1. The van der Waals surface area contributed by atoms with Crippen LogP contribution in [0.15, 0.2) is 59.6 Å². The van der Waals surface area contributed by atoms with Gasteiger partial charge in [-0.05, 0) is 36.8 Å². The Kier molecular flexibility index (Phi) is 4.56. The van der Waals surface area contributed by atoms with E-state index in [-0.39, 0.29) is 15.5 Å². The molecule has 0 spiro atoms. The number of hydrogen-bond acceptors (Lipinski definition) is 5. The van der Waals surface area contributed by atoms with Crippen LogP contribution < -0.4 is 4.72 Å². The van der Waals surface area contributed by atoms with E-state index >= 15 is 0 Å². The molecule has 25 heavy (non-hydrogen) atoms. The quantitative estimate of drug-likeness (QED) is 0.711. The van der Waals surface area contributed by atoms with E-state index in [9.17, 15) is 18.3 Å². The molecular weight excluding hydrogens is 360 g/mol. The van der Waals surface area contributed by atoms with Gasteiger partial charge in [-0.15, -0.1) is 11.3 Å². The lowest BCUT2D eigenvalue weighted by Gasteiger charge is -2.09. The number of hydrogen-bond donors (Lipinski definition) is 2. The van der Waals surface area contributed by atoms with Gasteiger partial charge in [0.25, 0.3) is 10.0 Å². The highest BCUT2D eigenvalue weighted by Gasteiger charge is 2.23. The largest absolute Gasteiger partial charge is 0.477 e. The molecule has 2 N–H and O–H groups in total. The Hall–Kier alpha value is -2.71. The molecule has 0 radical (unpaired) electrons. The second-order valence-corrected chi connectivity index (χ2v) is 7.95. The van der Waals surface area contributed by atoms with E-state index in [1.54, 1.807) is 49.5 Å². The number of aromatic carboxylic acids is 1. The number of aromatic nitrogens is 1. The Labute approximate surface area is 148 Å². The summed E-state index contributed by atoms with van der Waals surface area (Å²) in [6.07, 6.45) is 1.59. The number of aryl methyl sites for hydroxylation is 1. The number of anilines is 1.